The Morgan fingerprint density at radius 2 is 1.65 bits per heavy atom. The molecule has 1 saturated carbocycles. The van der Waals surface area contributed by atoms with Crippen LogP contribution in [0.2, 0.25) is 0 Å². The smallest absolute Gasteiger partial charge is 0.0647 e. The third-order valence-electron chi connectivity index (χ3n) is 4.79. The zero-order valence-electron chi connectivity index (χ0n) is 12.4. The number of hydrogen-bond donors (Lipinski definition) is 3. The molecule has 0 spiro atoms. The Balaban J connectivity index is 1.88. The molecule has 3 heteroatoms. The van der Waals surface area contributed by atoms with Gasteiger partial charge in [-0.1, -0.05) is 37.3 Å². The van der Waals surface area contributed by atoms with Crippen LogP contribution in [0.3, 0.4) is 0 Å². The van der Waals surface area contributed by atoms with Gasteiger partial charge in [0.2, 0.25) is 0 Å². The fourth-order valence-electron chi connectivity index (χ4n) is 3.20. The Kier molecular flexibility index (Phi) is 5.58. The number of hydrogen-bond acceptors (Lipinski definition) is 3. The highest BCUT2D eigenvalue weighted by molar-refractivity contribution is 5.20. The largest absolute Gasteiger partial charge is 0.394 e. The van der Waals surface area contributed by atoms with Crippen LogP contribution in [0.5, 0.6) is 0 Å². The normalized spacial score (nSPS) is 23.8. The highest BCUT2D eigenvalue weighted by atomic mass is 16.3. The lowest BCUT2D eigenvalue weighted by atomic mass is 9.80. The van der Waals surface area contributed by atoms with Crippen LogP contribution in [0.4, 0.5) is 0 Å². The molecule has 112 valence electrons. The van der Waals surface area contributed by atoms with E-state index in [4.69, 9.17) is 0 Å². The molecule has 0 atom stereocenters. The maximum Gasteiger partial charge on any atom is 0.0647 e. The predicted octanol–water partition coefficient (Wildman–Crippen LogP) is 2.44. The van der Waals surface area contributed by atoms with Crippen molar-refractivity contribution in [2.24, 2.45) is 0 Å². The third kappa shape index (κ3) is 3.60. The van der Waals surface area contributed by atoms with E-state index in [9.17, 15) is 10.2 Å². The van der Waals surface area contributed by atoms with E-state index in [2.05, 4.69) is 35.6 Å². The average molecular weight is 277 g/mol. The number of benzene rings is 1. The van der Waals surface area contributed by atoms with E-state index in [1.807, 2.05) is 6.92 Å². The van der Waals surface area contributed by atoms with E-state index in [1.54, 1.807) is 0 Å². The van der Waals surface area contributed by atoms with Crippen molar-refractivity contribution in [1.82, 2.24) is 5.32 Å². The Hall–Kier alpha value is -0.900. The molecular formula is C17H27NO2. The zero-order valence-corrected chi connectivity index (χ0v) is 12.4. The van der Waals surface area contributed by atoms with Crippen LogP contribution in [0.15, 0.2) is 30.3 Å². The minimum atomic E-state index is -0.510. The van der Waals surface area contributed by atoms with Crippen LogP contribution in [-0.2, 0) is 0 Å². The number of rotatable bonds is 6. The standard InChI is InChI=1S/C17H27NO2/c1-2-17(12-19,13-20)18-16-10-8-15(9-11-16)14-6-4-3-5-7-14/h3-7,15-16,18-20H,2,8-13H2,1H3. The first-order valence-electron chi connectivity index (χ1n) is 7.77. The SMILES string of the molecule is CCC(CO)(CO)NC1CCC(c2ccccc2)CC1. The van der Waals surface area contributed by atoms with Crippen LogP contribution in [0, 0.1) is 0 Å². The Bertz CT molecular complexity index is 373. The molecule has 2 rings (SSSR count). The van der Waals surface area contributed by atoms with Crippen molar-refractivity contribution in [3.8, 4) is 0 Å². The van der Waals surface area contributed by atoms with Gasteiger partial charge in [-0.15, -0.1) is 0 Å². The highest BCUT2D eigenvalue weighted by Gasteiger charge is 2.31. The first kappa shape index (κ1) is 15.5. The van der Waals surface area contributed by atoms with Crippen molar-refractivity contribution in [2.45, 2.75) is 56.5 Å². The molecule has 0 saturated heterocycles. The molecule has 0 radical (unpaired) electrons. The molecule has 1 aromatic rings. The van der Waals surface area contributed by atoms with Crippen molar-refractivity contribution in [2.75, 3.05) is 13.2 Å². The second-order valence-electron chi connectivity index (χ2n) is 6.05. The van der Waals surface area contributed by atoms with Gasteiger partial charge in [-0.3, -0.25) is 0 Å². The van der Waals surface area contributed by atoms with E-state index < -0.39 is 5.54 Å². The van der Waals surface area contributed by atoms with Crippen LogP contribution < -0.4 is 5.32 Å². The summed E-state index contributed by atoms with van der Waals surface area (Å²) in [5.74, 6) is 0.661. The van der Waals surface area contributed by atoms with Crippen molar-refractivity contribution < 1.29 is 10.2 Å². The van der Waals surface area contributed by atoms with Crippen molar-refractivity contribution in [3.63, 3.8) is 0 Å². The fourth-order valence-corrected chi connectivity index (χ4v) is 3.20. The lowest BCUT2D eigenvalue weighted by molar-refractivity contribution is 0.0715. The third-order valence-corrected chi connectivity index (χ3v) is 4.79. The summed E-state index contributed by atoms with van der Waals surface area (Å²) in [6, 6.07) is 11.1. The molecule has 1 fully saturated rings. The van der Waals surface area contributed by atoms with Crippen LogP contribution in [-0.4, -0.2) is 35.0 Å². The van der Waals surface area contributed by atoms with Gasteiger partial charge in [0.15, 0.2) is 0 Å². The van der Waals surface area contributed by atoms with Crippen molar-refractivity contribution >= 4 is 0 Å². The van der Waals surface area contributed by atoms with Gasteiger partial charge in [0.1, 0.15) is 0 Å². The molecule has 1 aliphatic carbocycles. The fraction of sp³-hybridized carbons (Fsp3) is 0.647. The summed E-state index contributed by atoms with van der Waals surface area (Å²) in [4.78, 5) is 0. The molecule has 1 aromatic carbocycles. The molecule has 0 aromatic heterocycles. The maximum atomic E-state index is 9.51. The predicted molar refractivity (Wildman–Crippen MR) is 81.8 cm³/mol. The monoisotopic (exact) mass is 277 g/mol. The van der Waals surface area contributed by atoms with Crippen molar-refractivity contribution in [3.05, 3.63) is 35.9 Å². The summed E-state index contributed by atoms with van der Waals surface area (Å²) in [6.07, 6.45) is 5.33. The molecular weight excluding hydrogens is 250 g/mol. The maximum absolute atomic E-state index is 9.51. The first-order valence-corrected chi connectivity index (χ1v) is 7.77. The lowest BCUT2D eigenvalue weighted by Gasteiger charge is -2.38. The van der Waals surface area contributed by atoms with Gasteiger partial charge in [-0.05, 0) is 43.6 Å². The molecule has 0 heterocycles. The Morgan fingerprint density at radius 1 is 1.05 bits per heavy atom. The van der Waals surface area contributed by atoms with Gasteiger partial charge in [0.25, 0.3) is 0 Å². The van der Waals surface area contributed by atoms with E-state index >= 15 is 0 Å². The summed E-state index contributed by atoms with van der Waals surface area (Å²) >= 11 is 0. The van der Waals surface area contributed by atoms with Gasteiger partial charge in [-0.25, -0.2) is 0 Å². The second-order valence-corrected chi connectivity index (χ2v) is 6.05. The van der Waals surface area contributed by atoms with Crippen LogP contribution in [0.1, 0.15) is 50.5 Å². The molecule has 0 aliphatic heterocycles. The number of nitrogens with one attached hydrogen (secondary N) is 1. The number of aliphatic hydroxyl groups excluding tert-OH is 2. The minimum Gasteiger partial charge on any atom is -0.394 e. The van der Waals surface area contributed by atoms with E-state index in [0.717, 1.165) is 19.3 Å². The molecule has 1 aliphatic rings. The summed E-state index contributed by atoms with van der Waals surface area (Å²) in [5.41, 5.74) is 0.932. The summed E-state index contributed by atoms with van der Waals surface area (Å²) in [6.45, 7) is 2.01. The first-order chi connectivity index (χ1) is 9.73. The van der Waals surface area contributed by atoms with E-state index in [0.29, 0.717) is 12.0 Å². The molecule has 0 bridgehead atoms. The summed E-state index contributed by atoms with van der Waals surface area (Å²) in [5, 5.41) is 22.5. The molecule has 0 unspecified atom stereocenters. The second kappa shape index (κ2) is 7.21. The van der Waals surface area contributed by atoms with Gasteiger partial charge < -0.3 is 15.5 Å². The Morgan fingerprint density at radius 3 is 2.15 bits per heavy atom. The molecule has 3 nitrogen and oxygen atoms in total. The minimum absolute atomic E-state index is 0.00138. The molecule has 3 N–H and O–H groups in total. The quantitative estimate of drug-likeness (QED) is 0.748. The Labute approximate surface area is 122 Å². The van der Waals surface area contributed by atoms with Gasteiger partial charge in [-0.2, -0.15) is 0 Å². The highest BCUT2D eigenvalue weighted by Crippen LogP contribution is 2.33. The molecule has 0 amide bonds. The van der Waals surface area contributed by atoms with Gasteiger partial charge >= 0.3 is 0 Å². The summed E-state index contributed by atoms with van der Waals surface area (Å²) in [7, 11) is 0. The molecule has 20 heavy (non-hydrogen) atoms. The van der Waals surface area contributed by atoms with E-state index in [-0.39, 0.29) is 13.2 Å². The van der Waals surface area contributed by atoms with Crippen LogP contribution in [0.25, 0.3) is 0 Å². The summed E-state index contributed by atoms with van der Waals surface area (Å²) < 4.78 is 0. The number of aliphatic hydroxyl groups is 2. The van der Waals surface area contributed by atoms with Gasteiger partial charge in [0.05, 0.1) is 18.8 Å². The van der Waals surface area contributed by atoms with Gasteiger partial charge in [0, 0.05) is 6.04 Å². The topological polar surface area (TPSA) is 52.5 Å². The van der Waals surface area contributed by atoms with Crippen LogP contribution >= 0.6 is 0 Å². The average Bonchev–Trinajstić information content (AvgIpc) is 2.54. The van der Waals surface area contributed by atoms with Crippen molar-refractivity contribution in [1.29, 1.82) is 0 Å². The zero-order chi connectivity index (χ0) is 14.4. The lowest BCUT2D eigenvalue weighted by Crippen LogP contribution is -2.56. The van der Waals surface area contributed by atoms with E-state index in [1.165, 1.54) is 18.4 Å².